The smallest absolute Gasteiger partial charge is 0.0700 e. The van der Waals surface area contributed by atoms with E-state index in [9.17, 15) is 0 Å². The molecule has 0 fully saturated rings. The Morgan fingerprint density at radius 2 is 1.23 bits per heavy atom. The van der Waals surface area contributed by atoms with E-state index < -0.39 is 0 Å². The number of ether oxygens (including phenoxy) is 2. The first-order valence-electron chi connectivity index (χ1n) is 5.57. The molecular formula is C11H26O2. The van der Waals surface area contributed by atoms with Gasteiger partial charge in [-0.05, 0) is 12.8 Å². The fraction of sp³-hybridized carbons (Fsp3) is 1.00. The SMILES string of the molecule is CC.CCCCOCCOCCC. The Hall–Kier alpha value is -0.0800. The van der Waals surface area contributed by atoms with Gasteiger partial charge >= 0.3 is 0 Å². The molecule has 0 spiro atoms. The molecule has 0 amide bonds. The minimum absolute atomic E-state index is 0.748. The summed E-state index contributed by atoms with van der Waals surface area (Å²) < 4.78 is 10.5. The minimum Gasteiger partial charge on any atom is -0.379 e. The van der Waals surface area contributed by atoms with Crippen molar-refractivity contribution in [3.63, 3.8) is 0 Å². The second kappa shape index (κ2) is 17.9. The maximum Gasteiger partial charge on any atom is 0.0700 e. The van der Waals surface area contributed by atoms with Crippen molar-refractivity contribution < 1.29 is 9.47 Å². The monoisotopic (exact) mass is 190 g/mol. The molecule has 0 aliphatic rings. The van der Waals surface area contributed by atoms with E-state index in [1.54, 1.807) is 0 Å². The van der Waals surface area contributed by atoms with Gasteiger partial charge in [0.1, 0.15) is 0 Å². The van der Waals surface area contributed by atoms with Crippen LogP contribution in [0.25, 0.3) is 0 Å². The summed E-state index contributed by atoms with van der Waals surface area (Å²) in [6.45, 7) is 11.5. The van der Waals surface area contributed by atoms with E-state index in [2.05, 4.69) is 13.8 Å². The topological polar surface area (TPSA) is 18.5 Å². The number of rotatable bonds is 8. The molecule has 2 heteroatoms. The average Bonchev–Trinajstić information content (AvgIpc) is 2.20. The Morgan fingerprint density at radius 1 is 0.692 bits per heavy atom. The molecule has 13 heavy (non-hydrogen) atoms. The Kier molecular flexibility index (Phi) is 21.2. The van der Waals surface area contributed by atoms with Crippen molar-refractivity contribution in [1.29, 1.82) is 0 Å². The molecule has 0 aliphatic heterocycles. The molecule has 0 aromatic carbocycles. The summed E-state index contributed by atoms with van der Waals surface area (Å²) in [6, 6.07) is 0. The first-order chi connectivity index (χ1) is 6.41. The van der Waals surface area contributed by atoms with Gasteiger partial charge in [-0.1, -0.05) is 34.1 Å². The molecule has 0 heterocycles. The Morgan fingerprint density at radius 3 is 1.69 bits per heavy atom. The zero-order chi connectivity index (χ0) is 10.4. The molecule has 0 bridgehead atoms. The van der Waals surface area contributed by atoms with Crippen molar-refractivity contribution in [2.24, 2.45) is 0 Å². The van der Waals surface area contributed by atoms with Gasteiger partial charge in [0.05, 0.1) is 13.2 Å². The van der Waals surface area contributed by atoms with Crippen molar-refractivity contribution in [1.82, 2.24) is 0 Å². The largest absolute Gasteiger partial charge is 0.379 e. The summed E-state index contributed by atoms with van der Waals surface area (Å²) >= 11 is 0. The van der Waals surface area contributed by atoms with E-state index in [1.807, 2.05) is 13.8 Å². The molecule has 0 aromatic rings. The van der Waals surface area contributed by atoms with E-state index in [1.165, 1.54) is 6.42 Å². The van der Waals surface area contributed by atoms with Crippen molar-refractivity contribution in [3.8, 4) is 0 Å². The van der Waals surface area contributed by atoms with Crippen LogP contribution in [0.3, 0.4) is 0 Å². The molecule has 0 radical (unpaired) electrons. The van der Waals surface area contributed by atoms with Crippen LogP contribution in [0.15, 0.2) is 0 Å². The molecule has 0 aliphatic carbocycles. The van der Waals surface area contributed by atoms with Gasteiger partial charge in [-0.2, -0.15) is 0 Å². The van der Waals surface area contributed by atoms with Crippen molar-refractivity contribution in [3.05, 3.63) is 0 Å². The Balaban J connectivity index is 0. The highest BCUT2D eigenvalue weighted by Crippen LogP contribution is 1.88. The summed E-state index contributed by atoms with van der Waals surface area (Å²) in [7, 11) is 0. The molecule has 2 nitrogen and oxygen atoms in total. The normalized spacial score (nSPS) is 9.23. The first kappa shape index (κ1) is 15.4. The zero-order valence-corrected chi connectivity index (χ0v) is 9.77. The van der Waals surface area contributed by atoms with Gasteiger partial charge in [0.15, 0.2) is 0 Å². The maximum absolute atomic E-state index is 5.30. The van der Waals surface area contributed by atoms with E-state index in [0.717, 1.165) is 39.3 Å². The van der Waals surface area contributed by atoms with Crippen LogP contribution in [-0.4, -0.2) is 26.4 Å². The molecule has 0 saturated carbocycles. The minimum atomic E-state index is 0.748. The number of hydrogen-bond donors (Lipinski definition) is 0. The molecule has 82 valence electrons. The summed E-state index contributed by atoms with van der Waals surface area (Å²) in [6.07, 6.45) is 3.46. The molecule has 0 N–H and O–H groups in total. The summed E-state index contributed by atoms with van der Waals surface area (Å²) in [5, 5.41) is 0. The summed E-state index contributed by atoms with van der Waals surface area (Å²) in [4.78, 5) is 0. The lowest BCUT2D eigenvalue weighted by atomic mass is 10.4. The zero-order valence-electron chi connectivity index (χ0n) is 9.77. The highest BCUT2D eigenvalue weighted by molar-refractivity contribution is 4.33. The fourth-order valence-corrected chi connectivity index (χ4v) is 0.713. The van der Waals surface area contributed by atoms with Crippen LogP contribution >= 0.6 is 0 Å². The van der Waals surface area contributed by atoms with Gasteiger partial charge in [-0.3, -0.25) is 0 Å². The lowest BCUT2D eigenvalue weighted by molar-refractivity contribution is 0.0470. The third-order valence-electron chi connectivity index (χ3n) is 1.36. The Bertz CT molecular complexity index is 57.1. The van der Waals surface area contributed by atoms with E-state index in [4.69, 9.17) is 9.47 Å². The summed E-state index contributed by atoms with van der Waals surface area (Å²) in [5.74, 6) is 0. The molecular weight excluding hydrogens is 164 g/mol. The maximum atomic E-state index is 5.30. The van der Waals surface area contributed by atoms with E-state index in [0.29, 0.717) is 0 Å². The lowest BCUT2D eigenvalue weighted by Crippen LogP contribution is -2.05. The molecule has 0 saturated heterocycles. The second-order valence-electron chi connectivity index (χ2n) is 2.58. The van der Waals surface area contributed by atoms with Crippen LogP contribution in [0.5, 0.6) is 0 Å². The van der Waals surface area contributed by atoms with Gasteiger partial charge in [0, 0.05) is 13.2 Å². The number of unbranched alkanes of at least 4 members (excludes halogenated alkanes) is 1. The standard InChI is InChI=1S/C9H20O2.C2H6/c1-3-5-7-11-9-8-10-6-4-2;1-2/h3-9H2,1-2H3;1-2H3. The third-order valence-corrected chi connectivity index (χ3v) is 1.36. The van der Waals surface area contributed by atoms with Crippen LogP contribution in [0.1, 0.15) is 47.0 Å². The third kappa shape index (κ3) is 18.7. The quantitative estimate of drug-likeness (QED) is 0.547. The molecule has 0 unspecified atom stereocenters. The van der Waals surface area contributed by atoms with Gasteiger partial charge in [-0.15, -0.1) is 0 Å². The van der Waals surface area contributed by atoms with E-state index >= 15 is 0 Å². The fourth-order valence-electron chi connectivity index (χ4n) is 0.713. The second-order valence-corrected chi connectivity index (χ2v) is 2.58. The molecule has 0 rings (SSSR count). The predicted octanol–water partition coefficient (Wildman–Crippen LogP) is 3.26. The van der Waals surface area contributed by atoms with Crippen LogP contribution < -0.4 is 0 Å². The first-order valence-corrected chi connectivity index (χ1v) is 5.57. The lowest BCUT2D eigenvalue weighted by Gasteiger charge is -2.03. The summed E-state index contributed by atoms with van der Waals surface area (Å²) in [5.41, 5.74) is 0. The van der Waals surface area contributed by atoms with E-state index in [-0.39, 0.29) is 0 Å². The number of hydrogen-bond acceptors (Lipinski definition) is 2. The highest BCUT2D eigenvalue weighted by atomic mass is 16.5. The van der Waals surface area contributed by atoms with Crippen molar-refractivity contribution in [2.45, 2.75) is 47.0 Å². The van der Waals surface area contributed by atoms with Crippen LogP contribution in [0, 0.1) is 0 Å². The van der Waals surface area contributed by atoms with Gasteiger partial charge < -0.3 is 9.47 Å². The van der Waals surface area contributed by atoms with Crippen LogP contribution in [0.4, 0.5) is 0 Å². The van der Waals surface area contributed by atoms with Crippen LogP contribution in [-0.2, 0) is 9.47 Å². The van der Waals surface area contributed by atoms with Gasteiger partial charge in [0.25, 0.3) is 0 Å². The van der Waals surface area contributed by atoms with Gasteiger partial charge in [0.2, 0.25) is 0 Å². The highest BCUT2D eigenvalue weighted by Gasteiger charge is 1.87. The molecule has 0 aromatic heterocycles. The van der Waals surface area contributed by atoms with Gasteiger partial charge in [-0.25, -0.2) is 0 Å². The van der Waals surface area contributed by atoms with Crippen molar-refractivity contribution >= 4 is 0 Å². The van der Waals surface area contributed by atoms with Crippen LogP contribution in [0.2, 0.25) is 0 Å². The average molecular weight is 190 g/mol. The van der Waals surface area contributed by atoms with Crippen molar-refractivity contribution in [2.75, 3.05) is 26.4 Å². The Labute approximate surface area is 83.6 Å². The molecule has 0 atom stereocenters. The predicted molar refractivity (Wildman–Crippen MR) is 58.2 cm³/mol.